The van der Waals surface area contributed by atoms with Crippen LogP contribution in [0.1, 0.15) is 55.4 Å². The van der Waals surface area contributed by atoms with E-state index in [2.05, 4.69) is 27.8 Å². The average molecular weight is 418 g/mol. The van der Waals surface area contributed by atoms with Gasteiger partial charge in [0.15, 0.2) is 6.23 Å². The van der Waals surface area contributed by atoms with Crippen LogP contribution in [-0.2, 0) is 33.9 Å². The van der Waals surface area contributed by atoms with E-state index in [0.29, 0.717) is 12.5 Å². The van der Waals surface area contributed by atoms with Gasteiger partial charge in [0.2, 0.25) is 0 Å². The van der Waals surface area contributed by atoms with Crippen LogP contribution in [0, 0.1) is 0 Å². The first kappa shape index (κ1) is 19.0. The molecule has 1 aromatic carbocycles. The van der Waals surface area contributed by atoms with Crippen LogP contribution < -0.4 is 10.5 Å². The van der Waals surface area contributed by atoms with E-state index in [4.69, 9.17) is 9.88 Å². The van der Waals surface area contributed by atoms with E-state index in [1.54, 1.807) is 5.01 Å². The number of carbonyl (C=O) groups excluding carboxylic acids is 1. The molecule has 2 unspecified atom stereocenters. The third-order valence-corrected chi connectivity index (χ3v) is 7.90. The lowest BCUT2D eigenvalue weighted by Crippen LogP contribution is -2.42. The molecule has 8 nitrogen and oxygen atoms in total. The lowest BCUT2D eigenvalue weighted by atomic mass is 9.75. The number of urea groups is 1. The number of hydrogen-bond donors (Lipinski definition) is 2. The third-order valence-electron chi connectivity index (χ3n) is 6.31. The number of carbonyl (C=O) groups is 1. The van der Waals surface area contributed by atoms with Crippen LogP contribution in [0.5, 0.6) is 0 Å². The second-order valence-corrected chi connectivity index (χ2v) is 11.1. The zero-order valence-electron chi connectivity index (χ0n) is 17.0. The Kier molecular flexibility index (Phi) is 4.11. The lowest BCUT2D eigenvalue weighted by Gasteiger charge is -2.32. The van der Waals surface area contributed by atoms with Gasteiger partial charge in [-0.3, -0.25) is 5.01 Å². The summed E-state index contributed by atoms with van der Waals surface area (Å²) >= 11 is 0. The Bertz CT molecular complexity index is 1050. The van der Waals surface area contributed by atoms with Gasteiger partial charge in [-0.25, -0.2) is 14.1 Å². The minimum absolute atomic E-state index is 0.401. The molecular formula is C20H27N5O3S. The monoisotopic (exact) mass is 417 g/mol. The first-order valence-corrected chi connectivity index (χ1v) is 11.8. The Balaban J connectivity index is 1.42. The Hall–Kier alpha value is -1.97. The number of anilines is 1. The first-order valence-electron chi connectivity index (χ1n) is 10.2. The SMILES string of the molecule is C[C@H]1Cc2cc3c(c(NC(=O)N=[S@](N)(=O)C4C=NN5CC(C)(C)OC45)c21)CCC3. The Labute approximate surface area is 171 Å². The molecule has 1 saturated heterocycles. The number of benzene rings is 1. The highest BCUT2D eigenvalue weighted by Crippen LogP contribution is 2.45. The molecule has 1 fully saturated rings. The molecule has 2 aliphatic carbocycles. The van der Waals surface area contributed by atoms with Crippen molar-refractivity contribution in [1.82, 2.24) is 5.01 Å². The van der Waals surface area contributed by atoms with E-state index in [1.807, 2.05) is 13.8 Å². The molecule has 0 spiro atoms. The number of aryl methyl sites for hydroxylation is 1. The summed E-state index contributed by atoms with van der Waals surface area (Å²) in [5.41, 5.74) is 5.42. The molecule has 4 aliphatic rings. The molecule has 2 amide bonds. The van der Waals surface area contributed by atoms with E-state index in [0.717, 1.165) is 31.4 Å². The lowest BCUT2D eigenvalue weighted by molar-refractivity contribution is -0.0260. The summed E-state index contributed by atoms with van der Waals surface area (Å²) in [6.07, 6.45) is 5.03. The van der Waals surface area contributed by atoms with Crippen molar-refractivity contribution >= 4 is 27.8 Å². The molecule has 4 atom stereocenters. The van der Waals surface area contributed by atoms with Crippen LogP contribution in [-0.4, -0.2) is 45.1 Å². The van der Waals surface area contributed by atoms with Gasteiger partial charge >= 0.3 is 6.03 Å². The topological polar surface area (TPSA) is 109 Å². The number of nitrogens with two attached hydrogens (primary N) is 1. The van der Waals surface area contributed by atoms with Crippen LogP contribution in [0.3, 0.4) is 0 Å². The number of amides is 2. The van der Waals surface area contributed by atoms with Crippen LogP contribution in [0.4, 0.5) is 10.5 Å². The number of hydrogen-bond acceptors (Lipinski definition) is 5. The number of hydrazone groups is 1. The summed E-state index contributed by atoms with van der Waals surface area (Å²) < 4.78 is 23.0. The van der Waals surface area contributed by atoms with E-state index >= 15 is 0 Å². The van der Waals surface area contributed by atoms with Crippen LogP contribution in [0.15, 0.2) is 15.5 Å². The summed E-state index contributed by atoms with van der Waals surface area (Å²) in [6, 6.07) is 1.61. The predicted molar refractivity (Wildman–Crippen MR) is 112 cm³/mol. The molecule has 0 radical (unpaired) electrons. The minimum atomic E-state index is -3.37. The van der Waals surface area contributed by atoms with E-state index in [1.165, 1.54) is 28.5 Å². The van der Waals surface area contributed by atoms with Gasteiger partial charge in [-0.05, 0) is 67.7 Å². The van der Waals surface area contributed by atoms with E-state index in [-0.39, 0.29) is 0 Å². The summed E-state index contributed by atoms with van der Waals surface area (Å²) in [4.78, 5) is 12.8. The molecule has 5 rings (SSSR count). The van der Waals surface area contributed by atoms with E-state index < -0.39 is 33.0 Å². The molecule has 3 N–H and O–H groups in total. The zero-order chi connectivity index (χ0) is 20.6. The van der Waals surface area contributed by atoms with Gasteiger partial charge in [-0.2, -0.15) is 5.10 Å². The summed E-state index contributed by atoms with van der Waals surface area (Å²) in [5, 5.41) is 14.2. The number of rotatable bonds is 2. The van der Waals surface area contributed by atoms with Crippen molar-refractivity contribution in [2.45, 2.75) is 69.5 Å². The summed E-state index contributed by atoms with van der Waals surface area (Å²) in [6.45, 7) is 6.61. The van der Waals surface area contributed by atoms with Crippen LogP contribution in [0.2, 0.25) is 0 Å². The van der Waals surface area contributed by atoms with Gasteiger partial charge in [0.1, 0.15) is 15.2 Å². The second kappa shape index (κ2) is 6.26. The molecule has 2 heterocycles. The Morgan fingerprint density at radius 2 is 2.21 bits per heavy atom. The van der Waals surface area contributed by atoms with Crippen molar-refractivity contribution in [2.75, 3.05) is 11.9 Å². The minimum Gasteiger partial charge on any atom is -0.347 e. The molecule has 0 aromatic heterocycles. The largest absolute Gasteiger partial charge is 0.354 e. The maximum Gasteiger partial charge on any atom is 0.354 e. The molecule has 9 heteroatoms. The summed E-state index contributed by atoms with van der Waals surface area (Å²) in [7, 11) is -3.37. The molecule has 2 aliphatic heterocycles. The molecule has 0 bridgehead atoms. The number of fused-ring (bicyclic) bond motifs is 3. The maximum atomic E-state index is 13.2. The Morgan fingerprint density at radius 1 is 1.41 bits per heavy atom. The maximum absolute atomic E-state index is 13.2. The normalized spacial score (nSPS) is 30.2. The molecule has 0 saturated carbocycles. The van der Waals surface area contributed by atoms with Gasteiger partial charge in [0.25, 0.3) is 0 Å². The second-order valence-electron chi connectivity index (χ2n) is 9.15. The van der Waals surface area contributed by atoms with Crippen LogP contribution >= 0.6 is 0 Å². The number of nitrogens with one attached hydrogen (secondary N) is 1. The molecule has 156 valence electrons. The van der Waals surface area contributed by atoms with Gasteiger partial charge in [0, 0.05) is 11.9 Å². The fraction of sp³-hybridized carbons (Fsp3) is 0.600. The highest BCUT2D eigenvalue weighted by Gasteiger charge is 2.48. The van der Waals surface area contributed by atoms with Gasteiger partial charge in [-0.1, -0.05) is 13.0 Å². The van der Waals surface area contributed by atoms with Gasteiger partial charge < -0.3 is 10.1 Å². The number of nitrogens with zero attached hydrogens (tertiary/aromatic N) is 3. The van der Waals surface area contributed by atoms with Gasteiger partial charge in [-0.15, -0.1) is 4.36 Å². The fourth-order valence-corrected chi connectivity index (χ4v) is 6.23. The van der Waals surface area contributed by atoms with Crippen LogP contribution in [0.25, 0.3) is 0 Å². The predicted octanol–water partition coefficient (Wildman–Crippen LogP) is 2.51. The highest BCUT2D eigenvalue weighted by atomic mass is 32.2. The quantitative estimate of drug-likeness (QED) is 0.770. The highest BCUT2D eigenvalue weighted by molar-refractivity contribution is 7.93. The fourth-order valence-electron chi connectivity index (χ4n) is 5.05. The van der Waals surface area contributed by atoms with Crippen molar-refractivity contribution in [3.05, 3.63) is 28.3 Å². The van der Waals surface area contributed by atoms with Gasteiger partial charge in [0.05, 0.1) is 12.1 Å². The van der Waals surface area contributed by atoms with Crippen molar-refractivity contribution in [3.63, 3.8) is 0 Å². The van der Waals surface area contributed by atoms with Crippen molar-refractivity contribution < 1.29 is 13.7 Å². The number of ether oxygens (including phenoxy) is 1. The van der Waals surface area contributed by atoms with Crippen molar-refractivity contribution in [1.29, 1.82) is 0 Å². The third kappa shape index (κ3) is 3.06. The molecule has 1 aromatic rings. The smallest absolute Gasteiger partial charge is 0.347 e. The first-order chi connectivity index (χ1) is 13.6. The standard InChI is InChI=1S/C20H27N5O3S/c1-11-7-13-8-12-5-4-6-14(12)17(16(11)13)23-19(26)24-29(21,27)15-9-22-25-10-20(2,3)28-18(15)25/h8-9,11,15,18H,4-7,10H2,1-3H3,(H3,21,23,24,26,27)/t11-,15?,18?,29-/m0/s1. The summed E-state index contributed by atoms with van der Waals surface area (Å²) in [5.74, 6) is 0.401. The average Bonchev–Trinajstić information content (AvgIpc) is 3.26. The van der Waals surface area contributed by atoms with Crippen molar-refractivity contribution in [2.24, 2.45) is 14.6 Å². The van der Waals surface area contributed by atoms with E-state index in [9.17, 15) is 9.00 Å². The molecular weight excluding hydrogens is 390 g/mol. The zero-order valence-corrected chi connectivity index (χ0v) is 17.8. The Morgan fingerprint density at radius 3 is 2.97 bits per heavy atom. The molecule has 29 heavy (non-hydrogen) atoms. The van der Waals surface area contributed by atoms with Crippen molar-refractivity contribution in [3.8, 4) is 0 Å².